The van der Waals surface area contributed by atoms with E-state index in [0.717, 1.165) is 28.3 Å². The minimum Gasteiger partial charge on any atom is -0.497 e. The van der Waals surface area contributed by atoms with Crippen LogP contribution in [0.5, 0.6) is 5.75 Å². The van der Waals surface area contributed by atoms with Gasteiger partial charge in [0, 0.05) is 23.4 Å². The Morgan fingerprint density at radius 1 is 1.31 bits per heavy atom. The van der Waals surface area contributed by atoms with Crippen molar-refractivity contribution in [3.05, 3.63) is 35.5 Å². The van der Waals surface area contributed by atoms with Crippen LogP contribution in [0.25, 0.3) is 11.3 Å². The molecule has 0 amide bonds. The number of nitrogens with zero attached hydrogens (tertiary/aromatic N) is 1. The smallest absolute Gasteiger partial charge is 0.118 e. The summed E-state index contributed by atoms with van der Waals surface area (Å²) in [5.74, 6) is 0.838. The van der Waals surface area contributed by atoms with Crippen LogP contribution in [0.15, 0.2) is 24.3 Å². The third kappa shape index (κ3) is 1.79. The van der Waals surface area contributed by atoms with Crippen LogP contribution in [0.3, 0.4) is 0 Å². The molecule has 0 aliphatic rings. The van der Waals surface area contributed by atoms with E-state index in [2.05, 4.69) is 10.2 Å². The molecule has 0 atom stereocenters. The third-order valence-electron chi connectivity index (χ3n) is 2.64. The summed E-state index contributed by atoms with van der Waals surface area (Å²) in [7, 11) is 1.65. The van der Waals surface area contributed by atoms with Gasteiger partial charge in [0.15, 0.2) is 0 Å². The molecule has 0 aliphatic carbocycles. The Hall–Kier alpha value is -1.81. The molecule has 4 heteroatoms. The van der Waals surface area contributed by atoms with E-state index in [-0.39, 0.29) is 0 Å². The molecule has 1 heterocycles. The van der Waals surface area contributed by atoms with Gasteiger partial charge in [-0.3, -0.25) is 5.10 Å². The quantitative estimate of drug-likeness (QED) is 0.824. The molecular formula is C12H15N3O. The fraction of sp³-hybridized carbons (Fsp3) is 0.250. The number of nitrogens with one attached hydrogen (secondary N) is 1. The molecule has 4 nitrogen and oxygen atoms in total. The van der Waals surface area contributed by atoms with Gasteiger partial charge in [-0.05, 0) is 31.2 Å². The zero-order chi connectivity index (χ0) is 11.5. The Balaban J connectivity index is 2.42. The first-order valence-electron chi connectivity index (χ1n) is 5.14. The van der Waals surface area contributed by atoms with Gasteiger partial charge in [-0.1, -0.05) is 0 Å². The molecule has 2 rings (SSSR count). The number of aromatic amines is 1. The lowest BCUT2D eigenvalue weighted by Gasteiger charge is -2.03. The Labute approximate surface area is 94.4 Å². The highest BCUT2D eigenvalue weighted by molar-refractivity contribution is 5.64. The zero-order valence-corrected chi connectivity index (χ0v) is 9.45. The number of ether oxygens (including phenoxy) is 1. The minimum absolute atomic E-state index is 0.490. The highest BCUT2D eigenvalue weighted by Gasteiger charge is 2.10. The summed E-state index contributed by atoms with van der Waals surface area (Å²) >= 11 is 0. The van der Waals surface area contributed by atoms with Crippen molar-refractivity contribution in [1.82, 2.24) is 10.2 Å². The molecule has 0 aliphatic heterocycles. The Morgan fingerprint density at radius 3 is 2.56 bits per heavy atom. The molecular weight excluding hydrogens is 202 g/mol. The first kappa shape index (κ1) is 10.7. The number of nitrogens with two attached hydrogens (primary N) is 1. The van der Waals surface area contributed by atoms with Crippen LogP contribution in [0.2, 0.25) is 0 Å². The van der Waals surface area contributed by atoms with E-state index in [1.54, 1.807) is 7.11 Å². The first-order valence-corrected chi connectivity index (χ1v) is 5.14. The molecule has 0 saturated carbocycles. The zero-order valence-electron chi connectivity index (χ0n) is 9.45. The lowest BCUT2D eigenvalue weighted by atomic mass is 10.1. The maximum absolute atomic E-state index is 5.70. The lowest BCUT2D eigenvalue weighted by Crippen LogP contribution is -1.98. The van der Waals surface area contributed by atoms with E-state index in [1.807, 2.05) is 31.2 Å². The number of hydrogen-bond donors (Lipinski definition) is 2. The number of hydrogen-bond acceptors (Lipinski definition) is 3. The highest BCUT2D eigenvalue weighted by Crippen LogP contribution is 2.25. The number of rotatable bonds is 3. The van der Waals surface area contributed by atoms with Crippen LogP contribution >= 0.6 is 0 Å². The summed E-state index contributed by atoms with van der Waals surface area (Å²) in [4.78, 5) is 0. The number of H-pyrrole nitrogens is 1. The van der Waals surface area contributed by atoms with Crippen molar-refractivity contribution < 1.29 is 4.74 Å². The number of aryl methyl sites for hydroxylation is 1. The van der Waals surface area contributed by atoms with Gasteiger partial charge in [0.05, 0.1) is 12.8 Å². The largest absolute Gasteiger partial charge is 0.497 e. The molecule has 84 valence electrons. The second-order valence-corrected chi connectivity index (χ2v) is 3.61. The van der Waals surface area contributed by atoms with Gasteiger partial charge < -0.3 is 10.5 Å². The summed E-state index contributed by atoms with van der Waals surface area (Å²) in [6.07, 6.45) is 0. The van der Waals surface area contributed by atoms with Gasteiger partial charge in [0.25, 0.3) is 0 Å². The topological polar surface area (TPSA) is 63.9 Å². The third-order valence-corrected chi connectivity index (χ3v) is 2.64. The number of aromatic nitrogens is 2. The minimum atomic E-state index is 0.490. The van der Waals surface area contributed by atoms with Crippen molar-refractivity contribution in [3.63, 3.8) is 0 Å². The van der Waals surface area contributed by atoms with Crippen LogP contribution in [0.1, 0.15) is 11.3 Å². The average Bonchev–Trinajstić information content (AvgIpc) is 2.70. The molecule has 0 radical (unpaired) electrons. The molecule has 3 N–H and O–H groups in total. The van der Waals surface area contributed by atoms with Gasteiger partial charge in [-0.2, -0.15) is 5.10 Å². The molecule has 16 heavy (non-hydrogen) atoms. The van der Waals surface area contributed by atoms with Crippen LogP contribution in [-0.4, -0.2) is 17.3 Å². The normalized spacial score (nSPS) is 10.4. The molecule has 1 aromatic heterocycles. The fourth-order valence-corrected chi connectivity index (χ4v) is 1.69. The van der Waals surface area contributed by atoms with Gasteiger partial charge in [0.1, 0.15) is 5.75 Å². The summed E-state index contributed by atoms with van der Waals surface area (Å²) in [6.45, 7) is 2.46. The van der Waals surface area contributed by atoms with Crippen LogP contribution < -0.4 is 10.5 Å². The second-order valence-electron chi connectivity index (χ2n) is 3.61. The Morgan fingerprint density at radius 2 is 2.00 bits per heavy atom. The van der Waals surface area contributed by atoms with E-state index in [4.69, 9.17) is 10.5 Å². The van der Waals surface area contributed by atoms with Crippen LogP contribution in [0.4, 0.5) is 0 Å². The molecule has 1 aromatic carbocycles. The first-order chi connectivity index (χ1) is 7.76. The van der Waals surface area contributed by atoms with Gasteiger partial charge in [0.2, 0.25) is 0 Å². The van der Waals surface area contributed by atoms with Crippen molar-refractivity contribution in [3.8, 4) is 17.0 Å². The Kier molecular flexibility index (Phi) is 2.92. The van der Waals surface area contributed by atoms with E-state index in [0.29, 0.717) is 6.54 Å². The van der Waals surface area contributed by atoms with E-state index < -0.39 is 0 Å². The van der Waals surface area contributed by atoms with Crippen molar-refractivity contribution >= 4 is 0 Å². The maximum atomic E-state index is 5.70. The van der Waals surface area contributed by atoms with Gasteiger partial charge >= 0.3 is 0 Å². The van der Waals surface area contributed by atoms with Crippen molar-refractivity contribution in [2.24, 2.45) is 5.73 Å². The average molecular weight is 217 g/mol. The molecule has 2 aromatic rings. The van der Waals surface area contributed by atoms with Crippen LogP contribution in [-0.2, 0) is 6.54 Å². The van der Waals surface area contributed by atoms with Crippen molar-refractivity contribution in [2.45, 2.75) is 13.5 Å². The van der Waals surface area contributed by atoms with Crippen molar-refractivity contribution in [2.75, 3.05) is 7.11 Å². The predicted octanol–water partition coefficient (Wildman–Crippen LogP) is 1.85. The van der Waals surface area contributed by atoms with Gasteiger partial charge in [-0.15, -0.1) is 0 Å². The highest BCUT2D eigenvalue weighted by atomic mass is 16.5. The lowest BCUT2D eigenvalue weighted by molar-refractivity contribution is 0.415. The molecule has 0 fully saturated rings. The van der Waals surface area contributed by atoms with E-state index >= 15 is 0 Å². The molecule has 0 saturated heterocycles. The standard InChI is InChI=1S/C12H15N3O/c1-8-11(7-13)12(15-14-8)9-3-5-10(16-2)6-4-9/h3-6H,7,13H2,1-2H3,(H,14,15). The summed E-state index contributed by atoms with van der Waals surface area (Å²) in [6, 6.07) is 7.79. The fourth-order valence-electron chi connectivity index (χ4n) is 1.69. The summed E-state index contributed by atoms with van der Waals surface area (Å²) in [5, 5.41) is 7.22. The molecule has 0 unspecified atom stereocenters. The maximum Gasteiger partial charge on any atom is 0.118 e. The SMILES string of the molecule is COc1ccc(-c2n[nH]c(C)c2CN)cc1. The number of benzene rings is 1. The van der Waals surface area contributed by atoms with Crippen LogP contribution in [0, 0.1) is 6.92 Å². The second kappa shape index (κ2) is 4.37. The summed E-state index contributed by atoms with van der Waals surface area (Å²) < 4.78 is 5.11. The van der Waals surface area contributed by atoms with E-state index in [1.165, 1.54) is 0 Å². The predicted molar refractivity (Wildman–Crippen MR) is 63.2 cm³/mol. The van der Waals surface area contributed by atoms with E-state index in [9.17, 15) is 0 Å². The van der Waals surface area contributed by atoms with Gasteiger partial charge in [-0.25, -0.2) is 0 Å². The number of methoxy groups -OCH3 is 1. The Bertz CT molecular complexity index is 474. The molecule has 0 bridgehead atoms. The summed E-state index contributed by atoms with van der Waals surface area (Å²) in [5.41, 5.74) is 9.75. The molecule has 0 spiro atoms. The monoisotopic (exact) mass is 217 g/mol. The van der Waals surface area contributed by atoms with Crippen molar-refractivity contribution in [1.29, 1.82) is 0 Å².